The molecule has 3 aliphatic rings. The van der Waals surface area contributed by atoms with Gasteiger partial charge >= 0.3 is 5.97 Å². The summed E-state index contributed by atoms with van der Waals surface area (Å²) < 4.78 is 5.12. The Bertz CT molecular complexity index is 1130. The number of hydrazone groups is 1. The minimum atomic E-state index is -0.386. The summed E-state index contributed by atoms with van der Waals surface area (Å²) in [5, 5.41) is 17.0. The monoisotopic (exact) mass is 448 g/mol. The number of pyridine rings is 1. The van der Waals surface area contributed by atoms with Gasteiger partial charge < -0.3 is 4.74 Å². The van der Waals surface area contributed by atoms with Crippen molar-refractivity contribution in [3.05, 3.63) is 57.9 Å². The van der Waals surface area contributed by atoms with E-state index in [0.29, 0.717) is 34.7 Å². The fourth-order valence-corrected chi connectivity index (χ4v) is 5.70. The van der Waals surface area contributed by atoms with Crippen LogP contribution in [0.25, 0.3) is 0 Å². The minimum absolute atomic E-state index is 0.273. The Morgan fingerprint density at radius 1 is 1.25 bits per heavy atom. The molecule has 32 heavy (non-hydrogen) atoms. The molecule has 2 atom stereocenters. The van der Waals surface area contributed by atoms with Crippen molar-refractivity contribution in [3.8, 4) is 6.07 Å². The number of halogens is 1. The largest absolute Gasteiger partial charge is 0.461 e. The smallest absolute Gasteiger partial charge is 0.356 e. The number of aryl methyl sites for hydroxylation is 1. The van der Waals surface area contributed by atoms with Crippen LogP contribution in [0.1, 0.15) is 66.3 Å². The van der Waals surface area contributed by atoms with Gasteiger partial charge in [0, 0.05) is 11.5 Å². The van der Waals surface area contributed by atoms with E-state index in [0.717, 1.165) is 35.5 Å². The molecule has 1 unspecified atom stereocenters. The molecule has 5 rings (SSSR count). The highest BCUT2D eigenvalue weighted by atomic mass is 35.5. The van der Waals surface area contributed by atoms with Gasteiger partial charge in [-0.2, -0.15) is 10.4 Å². The summed E-state index contributed by atoms with van der Waals surface area (Å²) in [6.07, 6.45) is 6.69. The molecule has 1 aliphatic heterocycles. The summed E-state index contributed by atoms with van der Waals surface area (Å²) in [6.45, 7) is 2.12. The quantitative estimate of drug-likeness (QED) is 0.606. The van der Waals surface area contributed by atoms with Crippen molar-refractivity contribution in [1.82, 2.24) is 4.98 Å². The van der Waals surface area contributed by atoms with Crippen LogP contribution in [-0.2, 0) is 11.2 Å². The third-order valence-electron chi connectivity index (χ3n) is 6.91. The first-order chi connectivity index (χ1) is 15.6. The average Bonchev–Trinajstić information content (AvgIpc) is 3.46. The van der Waals surface area contributed by atoms with Crippen LogP contribution >= 0.6 is 11.6 Å². The van der Waals surface area contributed by atoms with Crippen molar-refractivity contribution < 1.29 is 9.53 Å². The van der Waals surface area contributed by atoms with Crippen molar-refractivity contribution in [2.45, 2.75) is 51.5 Å². The van der Waals surface area contributed by atoms with Gasteiger partial charge in [0.1, 0.15) is 11.8 Å². The number of rotatable bonds is 4. The minimum Gasteiger partial charge on any atom is -0.461 e. The highest BCUT2D eigenvalue weighted by Gasteiger charge is 2.46. The van der Waals surface area contributed by atoms with E-state index in [-0.39, 0.29) is 12.0 Å². The number of esters is 1. The molecule has 1 fully saturated rings. The zero-order valence-corrected chi connectivity index (χ0v) is 18.8. The molecule has 1 saturated carbocycles. The fraction of sp³-hybridized carbons (Fsp3) is 0.440. The number of benzene rings is 1. The zero-order chi connectivity index (χ0) is 22.2. The van der Waals surface area contributed by atoms with Gasteiger partial charge in [0.25, 0.3) is 0 Å². The molecule has 2 heterocycles. The van der Waals surface area contributed by atoms with E-state index >= 15 is 0 Å². The Morgan fingerprint density at radius 2 is 2.06 bits per heavy atom. The third kappa shape index (κ3) is 3.55. The number of nitriles is 1. The maximum atomic E-state index is 12.1. The Labute approximate surface area is 192 Å². The second kappa shape index (κ2) is 8.55. The second-order valence-electron chi connectivity index (χ2n) is 8.70. The highest BCUT2D eigenvalue weighted by molar-refractivity contribution is 6.32. The van der Waals surface area contributed by atoms with Crippen molar-refractivity contribution in [2.75, 3.05) is 11.6 Å². The molecular formula is C25H25ClN4O2. The number of hydrogen-bond acceptors (Lipinski definition) is 6. The van der Waals surface area contributed by atoms with Gasteiger partial charge in [0.05, 0.1) is 40.3 Å². The Kier molecular flexibility index (Phi) is 5.60. The van der Waals surface area contributed by atoms with Gasteiger partial charge in [-0.3, -0.25) is 5.01 Å². The lowest BCUT2D eigenvalue weighted by atomic mass is 9.76. The first kappa shape index (κ1) is 21.0. The number of aromatic nitrogens is 1. The molecule has 1 aromatic carbocycles. The van der Waals surface area contributed by atoms with Crippen LogP contribution < -0.4 is 5.01 Å². The predicted molar refractivity (Wildman–Crippen MR) is 123 cm³/mol. The van der Waals surface area contributed by atoms with Gasteiger partial charge in [-0.25, -0.2) is 9.78 Å². The lowest BCUT2D eigenvalue weighted by Gasteiger charge is -2.34. The number of anilines is 1. The van der Waals surface area contributed by atoms with E-state index in [9.17, 15) is 10.1 Å². The fourth-order valence-electron chi connectivity index (χ4n) is 5.48. The van der Waals surface area contributed by atoms with Crippen LogP contribution in [0, 0.1) is 23.2 Å². The number of hydrogen-bond donors (Lipinski definition) is 0. The van der Waals surface area contributed by atoms with Crippen molar-refractivity contribution >= 4 is 29.0 Å². The van der Waals surface area contributed by atoms with Crippen molar-refractivity contribution in [2.24, 2.45) is 16.9 Å². The van der Waals surface area contributed by atoms with E-state index < -0.39 is 0 Å². The summed E-state index contributed by atoms with van der Waals surface area (Å²) in [7, 11) is 0. The van der Waals surface area contributed by atoms with Gasteiger partial charge in [-0.15, -0.1) is 0 Å². The lowest BCUT2D eigenvalue weighted by molar-refractivity contribution is 0.0519. The van der Waals surface area contributed by atoms with E-state index in [1.165, 1.54) is 25.7 Å². The van der Waals surface area contributed by atoms with E-state index in [1.54, 1.807) is 19.1 Å². The molecular weight excluding hydrogens is 424 g/mol. The number of fused-ring (bicyclic) bond motifs is 3. The average molecular weight is 449 g/mol. The lowest BCUT2D eigenvalue weighted by Crippen LogP contribution is -2.40. The maximum Gasteiger partial charge on any atom is 0.356 e. The molecule has 0 amide bonds. The van der Waals surface area contributed by atoms with Crippen LogP contribution in [0.3, 0.4) is 0 Å². The number of ether oxygens (including phenoxy) is 1. The molecule has 7 heteroatoms. The molecule has 0 bridgehead atoms. The summed E-state index contributed by atoms with van der Waals surface area (Å²) in [5.41, 5.74) is 4.73. The first-order valence-corrected chi connectivity index (χ1v) is 11.7. The normalized spacial score (nSPS) is 22.2. The zero-order valence-electron chi connectivity index (χ0n) is 18.1. The molecule has 0 saturated heterocycles. The SMILES string of the molecule is CCOC(=O)c1ccc2c(n1)CC[C@H]1C2=NN(c2ccc(C#N)c(Cl)c2)C1C1CCCC1. The third-order valence-corrected chi connectivity index (χ3v) is 7.22. The summed E-state index contributed by atoms with van der Waals surface area (Å²) in [6, 6.07) is 11.7. The summed E-state index contributed by atoms with van der Waals surface area (Å²) >= 11 is 6.37. The maximum absolute atomic E-state index is 12.1. The Morgan fingerprint density at radius 3 is 2.78 bits per heavy atom. The first-order valence-electron chi connectivity index (χ1n) is 11.4. The van der Waals surface area contributed by atoms with Crippen molar-refractivity contribution in [3.63, 3.8) is 0 Å². The van der Waals surface area contributed by atoms with E-state index in [4.69, 9.17) is 21.4 Å². The molecule has 0 spiro atoms. The molecule has 2 aromatic rings. The van der Waals surface area contributed by atoms with E-state index in [1.807, 2.05) is 18.2 Å². The highest BCUT2D eigenvalue weighted by Crippen LogP contribution is 2.44. The predicted octanol–water partition coefficient (Wildman–Crippen LogP) is 5.13. The van der Waals surface area contributed by atoms with Crippen LogP contribution in [-0.4, -0.2) is 29.3 Å². The summed E-state index contributed by atoms with van der Waals surface area (Å²) in [5.74, 6) is 0.503. The second-order valence-corrected chi connectivity index (χ2v) is 9.10. The van der Waals surface area contributed by atoms with Crippen LogP contribution in [0.2, 0.25) is 5.02 Å². The van der Waals surface area contributed by atoms with Crippen LogP contribution in [0.4, 0.5) is 5.69 Å². The van der Waals surface area contributed by atoms with Crippen LogP contribution in [0.5, 0.6) is 0 Å². The standard InChI is InChI=1S/C25H25ClN4O2/c1-2-32-25(31)22-12-9-18-21(28-22)11-10-19-23(18)29-30(24(19)15-5-3-4-6-15)17-8-7-16(14-27)20(26)13-17/h7-9,12-13,15,19,24H,2-6,10-11H2,1H3/t19-,24?/m0/s1. The topological polar surface area (TPSA) is 78.6 Å². The van der Waals surface area contributed by atoms with Crippen molar-refractivity contribution in [1.29, 1.82) is 5.26 Å². The van der Waals surface area contributed by atoms with Gasteiger partial charge in [-0.05, 0) is 68.9 Å². The molecule has 2 aliphatic carbocycles. The molecule has 164 valence electrons. The Hall–Kier alpha value is -2.91. The van der Waals surface area contributed by atoms with Gasteiger partial charge in [0.2, 0.25) is 0 Å². The van der Waals surface area contributed by atoms with Gasteiger partial charge in [0.15, 0.2) is 0 Å². The number of carbonyl (C=O) groups excluding carboxylic acids is 1. The molecule has 0 N–H and O–H groups in total. The number of carbonyl (C=O) groups is 1. The van der Waals surface area contributed by atoms with Crippen LogP contribution in [0.15, 0.2) is 35.4 Å². The molecule has 6 nitrogen and oxygen atoms in total. The number of nitrogens with zero attached hydrogens (tertiary/aromatic N) is 4. The Balaban J connectivity index is 1.55. The van der Waals surface area contributed by atoms with E-state index in [2.05, 4.69) is 16.1 Å². The van der Waals surface area contributed by atoms with Gasteiger partial charge in [-0.1, -0.05) is 24.4 Å². The summed E-state index contributed by atoms with van der Waals surface area (Å²) in [4.78, 5) is 16.8. The molecule has 0 radical (unpaired) electrons. The molecule has 1 aromatic heterocycles.